The third-order valence-corrected chi connectivity index (χ3v) is 4.08. The summed E-state index contributed by atoms with van der Waals surface area (Å²) in [7, 11) is -3.53. The van der Waals surface area contributed by atoms with Crippen LogP contribution in [0.4, 0.5) is 0 Å². The Bertz CT molecular complexity index is 819. The third-order valence-electron chi connectivity index (χ3n) is 3.13. The van der Waals surface area contributed by atoms with Gasteiger partial charge >= 0.3 is 0 Å². The number of carbonyl (C=O) groups excluding carboxylic acids is 1. The SMILES string of the molecule is CC(C)(C)NCCNC(=O)c1nc(S(C)(=O)=O)n2ccccc12. The second-order valence-corrected chi connectivity index (χ2v) is 8.31. The molecular weight excluding hydrogens is 316 g/mol. The van der Waals surface area contributed by atoms with Gasteiger partial charge in [0.1, 0.15) is 0 Å². The highest BCUT2D eigenvalue weighted by atomic mass is 32.2. The van der Waals surface area contributed by atoms with Crippen molar-refractivity contribution < 1.29 is 13.2 Å². The Morgan fingerprint density at radius 1 is 1.26 bits per heavy atom. The number of hydrogen-bond donors (Lipinski definition) is 2. The van der Waals surface area contributed by atoms with Gasteiger partial charge in [0.25, 0.3) is 5.91 Å². The predicted molar refractivity (Wildman–Crippen MR) is 88.4 cm³/mol. The summed E-state index contributed by atoms with van der Waals surface area (Å²) in [6.45, 7) is 7.15. The summed E-state index contributed by atoms with van der Waals surface area (Å²) < 4.78 is 25.1. The highest BCUT2D eigenvalue weighted by molar-refractivity contribution is 7.90. The molecule has 2 aromatic rings. The van der Waals surface area contributed by atoms with Gasteiger partial charge in [0.05, 0.1) is 5.52 Å². The van der Waals surface area contributed by atoms with Crippen LogP contribution in [0, 0.1) is 0 Å². The Kier molecular flexibility index (Phi) is 4.76. The van der Waals surface area contributed by atoms with E-state index in [4.69, 9.17) is 0 Å². The van der Waals surface area contributed by atoms with E-state index in [0.717, 1.165) is 6.26 Å². The molecule has 0 unspecified atom stereocenters. The van der Waals surface area contributed by atoms with Crippen molar-refractivity contribution in [1.29, 1.82) is 0 Å². The molecule has 8 heteroatoms. The fraction of sp³-hybridized carbons (Fsp3) is 0.467. The summed E-state index contributed by atoms with van der Waals surface area (Å²) in [5.41, 5.74) is 0.547. The molecular formula is C15H22N4O3S. The first-order chi connectivity index (χ1) is 10.6. The molecule has 0 aliphatic rings. The zero-order valence-electron chi connectivity index (χ0n) is 13.8. The number of sulfone groups is 1. The largest absolute Gasteiger partial charge is 0.349 e. The summed E-state index contributed by atoms with van der Waals surface area (Å²) >= 11 is 0. The molecule has 0 saturated carbocycles. The standard InChI is InChI=1S/C15H22N4O3S/c1-15(2,3)17-9-8-16-13(20)12-11-7-5-6-10-19(11)14(18-12)23(4,21)22/h5-7,10,17H,8-9H2,1-4H3,(H,16,20). The van der Waals surface area contributed by atoms with E-state index in [-0.39, 0.29) is 22.3 Å². The Hall–Kier alpha value is -1.93. The molecule has 0 saturated heterocycles. The Labute approximate surface area is 136 Å². The summed E-state index contributed by atoms with van der Waals surface area (Å²) in [6.07, 6.45) is 2.65. The number of hydrogen-bond acceptors (Lipinski definition) is 5. The number of carbonyl (C=O) groups is 1. The molecule has 2 rings (SSSR count). The maximum absolute atomic E-state index is 12.3. The number of nitrogens with one attached hydrogen (secondary N) is 2. The number of pyridine rings is 1. The lowest BCUT2D eigenvalue weighted by atomic mass is 10.1. The predicted octanol–water partition coefficient (Wildman–Crippen LogP) is 0.856. The van der Waals surface area contributed by atoms with Crippen molar-refractivity contribution in [1.82, 2.24) is 20.0 Å². The number of aromatic nitrogens is 2. The van der Waals surface area contributed by atoms with Crippen LogP contribution in [0.25, 0.3) is 5.52 Å². The van der Waals surface area contributed by atoms with Crippen molar-refractivity contribution in [3.8, 4) is 0 Å². The van der Waals surface area contributed by atoms with Crippen molar-refractivity contribution >= 4 is 21.3 Å². The molecule has 1 amide bonds. The van der Waals surface area contributed by atoms with Gasteiger partial charge in [-0.15, -0.1) is 0 Å². The lowest BCUT2D eigenvalue weighted by molar-refractivity contribution is 0.0950. The normalized spacial score (nSPS) is 12.5. The summed E-state index contributed by atoms with van der Waals surface area (Å²) in [4.78, 5) is 16.3. The number of imidazole rings is 1. The van der Waals surface area contributed by atoms with E-state index >= 15 is 0 Å². The molecule has 23 heavy (non-hydrogen) atoms. The molecule has 0 atom stereocenters. The molecule has 0 bridgehead atoms. The number of nitrogens with zero attached hydrogens (tertiary/aromatic N) is 2. The Morgan fingerprint density at radius 3 is 2.57 bits per heavy atom. The van der Waals surface area contributed by atoms with E-state index in [9.17, 15) is 13.2 Å². The fourth-order valence-corrected chi connectivity index (χ4v) is 2.91. The molecule has 126 valence electrons. The van der Waals surface area contributed by atoms with Crippen LogP contribution < -0.4 is 10.6 Å². The molecule has 0 aliphatic heterocycles. The van der Waals surface area contributed by atoms with E-state index in [1.807, 2.05) is 20.8 Å². The van der Waals surface area contributed by atoms with Crippen LogP contribution in [0.1, 0.15) is 31.3 Å². The monoisotopic (exact) mass is 338 g/mol. The highest BCUT2D eigenvalue weighted by Gasteiger charge is 2.22. The summed E-state index contributed by atoms with van der Waals surface area (Å²) in [5, 5.41) is 5.88. The molecule has 2 heterocycles. The fourth-order valence-electron chi connectivity index (χ4n) is 2.14. The van der Waals surface area contributed by atoms with Crippen LogP contribution >= 0.6 is 0 Å². The second-order valence-electron chi connectivity index (χ2n) is 6.40. The van der Waals surface area contributed by atoms with Gasteiger partial charge in [-0.1, -0.05) is 6.07 Å². The van der Waals surface area contributed by atoms with E-state index in [1.54, 1.807) is 24.4 Å². The molecule has 0 spiro atoms. The van der Waals surface area contributed by atoms with Crippen molar-refractivity contribution in [2.45, 2.75) is 31.5 Å². The van der Waals surface area contributed by atoms with E-state index in [0.29, 0.717) is 18.6 Å². The number of rotatable bonds is 5. The lowest BCUT2D eigenvalue weighted by Crippen LogP contribution is -2.41. The van der Waals surface area contributed by atoms with Crippen LogP contribution in [0.15, 0.2) is 29.6 Å². The minimum Gasteiger partial charge on any atom is -0.349 e. The minimum atomic E-state index is -3.53. The molecule has 0 radical (unpaired) electrons. The van der Waals surface area contributed by atoms with Crippen LogP contribution in [0.2, 0.25) is 0 Å². The van der Waals surface area contributed by atoms with Crippen LogP contribution in [-0.4, -0.2) is 48.6 Å². The second kappa shape index (κ2) is 6.29. The number of amides is 1. The maximum atomic E-state index is 12.3. The zero-order valence-corrected chi connectivity index (χ0v) is 14.6. The van der Waals surface area contributed by atoms with Gasteiger partial charge in [-0.25, -0.2) is 13.4 Å². The highest BCUT2D eigenvalue weighted by Crippen LogP contribution is 2.16. The lowest BCUT2D eigenvalue weighted by Gasteiger charge is -2.20. The molecule has 0 aromatic carbocycles. The van der Waals surface area contributed by atoms with Crippen LogP contribution in [0.3, 0.4) is 0 Å². The van der Waals surface area contributed by atoms with Gasteiger partial charge in [0.2, 0.25) is 15.0 Å². The Balaban J connectivity index is 2.21. The Morgan fingerprint density at radius 2 is 1.96 bits per heavy atom. The molecule has 2 aromatic heterocycles. The van der Waals surface area contributed by atoms with Gasteiger partial charge in [0.15, 0.2) is 5.69 Å². The van der Waals surface area contributed by atoms with Gasteiger partial charge in [0, 0.05) is 31.1 Å². The summed E-state index contributed by atoms with van der Waals surface area (Å²) in [5.74, 6) is -0.390. The maximum Gasteiger partial charge on any atom is 0.272 e. The average molecular weight is 338 g/mol. The van der Waals surface area contributed by atoms with Gasteiger partial charge < -0.3 is 10.6 Å². The number of fused-ring (bicyclic) bond motifs is 1. The van der Waals surface area contributed by atoms with Gasteiger partial charge in [-0.05, 0) is 32.9 Å². The summed E-state index contributed by atoms with van der Waals surface area (Å²) in [6, 6.07) is 5.10. The van der Waals surface area contributed by atoms with Gasteiger partial charge in [-0.3, -0.25) is 9.20 Å². The van der Waals surface area contributed by atoms with Crippen molar-refractivity contribution in [2.75, 3.05) is 19.3 Å². The molecule has 0 fully saturated rings. The first-order valence-electron chi connectivity index (χ1n) is 7.30. The zero-order chi connectivity index (χ0) is 17.3. The van der Waals surface area contributed by atoms with E-state index < -0.39 is 9.84 Å². The topological polar surface area (TPSA) is 92.6 Å². The van der Waals surface area contributed by atoms with E-state index in [2.05, 4.69) is 15.6 Å². The van der Waals surface area contributed by atoms with Crippen molar-refractivity contribution in [3.63, 3.8) is 0 Å². The van der Waals surface area contributed by atoms with E-state index in [1.165, 1.54) is 4.40 Å². The third kappa shape index (κ3) is 4.29. The van der Waals surface area contributed by atoms with Crippen molar-refractivity contribution in [2.24, 2.45) is 0 Å². The first kappa shape index (κ1) is 17.4. The molecule has 7 nitrogen and oxygen atoms in total. The van der Waals surface area contributed by atoms with Crippen LogP contribution in [0.5, 0.6) is 0 Å². The first-order valence-corrected chi connectivity index (χ1v) is 9.19. The quantitative estimate of drug-likeness (QED) is 0.789. The molecule has 2 N–H and O–H groups in total. The molecule has 0 aliphatic carbocycles. The average Bonchev–Trinajstić information content (AvgIpc) is 2.82. The minimum absolute atomic E-state index is 0.0324. The van der Waals surface area contributed by atoms with Crippen LogP contribution in [-0.2, 0) is 9.84 Å². The van der Waals surface area contributed by atoms with Gasteiger partial charge in [-0.2, -0.15) is 0 Å². The smallest absolute Gasteiger partial charge is 0.272 e. The van der Waals surface area contributed by atoms with Crippen molar-refractivity contribution in [3.05, 3.63) is 30.1 Å².